The van der Waals surface area contributed by atoms with E-state index >= 15 is 22.0 Å². The van der Waals surface area contributed by atoms with Crippen LogP contribution in [0.5, 0.6) is 17.2 Å². The van der Waals surface area contributed by atoms with Gasteiger partial charge in [-0.2, -0.15) is 33.7 Å². The molecule has 0 spiro atoms. The molecule has 7 unspecified atom stereocenters. The van der Waals surface area contributed by atoms with Crippen molar-refractivity contribution in [1.82, 2.24) is 74.7 Å². The number of pyridine rings is 3. The fourth-order valence-electron chi connectivity index (χ4n) is 13.3. The third-order valence-electron chi connectivity index (χ3n) is 18.4. The van der Waals surface area contributed by atoms with Crippen LogP contribution >= 0.6 is 0 Å². The summed E-state index contributed by atoms with van der Waals surface area (Å²) in [5.74, 6) is -3.79. The number of imidazole rings is 3. The molecule has 0 radical (unpaired) electrons. The van der Waals surface area contributed by atoms with Gasteiger partial charge in [0.15, 0.2) is 57.7 Å². The summed E-state index contributed by atoms with van der Waals surface area (Å²) in [7, 11) is 4.19. The predicted octanol–water partition coefficient (Wildman–Crippen LogP) is 8.20. The Kier molecular flexibility index (Phi) is 15.5. The highest BCUT2D eigenvalue weighted by Crippen LogP contribution is 2.54. The van der Waals surface area contributed by atoms with E-state index in [2.05, 4.69) is 66.9 Å². The van der Waals surface area contributed by atoms with Crippen LogP contribution in [0.2, 0.25) is 0 Å². The number of aromatic nitrogens is 12. The Morgan fingerprint density at radius 2 is 1.00 bits per heavy atom. The topological polar surface area (TPSA) is 273 Å². The first-order valence-electron chi connectivity index (χ1n) is 30.2. The summed E-state index contributed by atoms with van der Waals surface area (Å²) in [4.78, 5) is 26.5. The number of fused-ring (bicyclic) bond motifs is 3. The van der Waals surface area contributed by atoms with Crippen LogP contribution in [0.3, 0.4) is 0 Å². The summed E-state index contributed by atoms with van der Waals surface area (Å²) in [6.45, 7) is 2.87. The van der Waals surface area contributed by atoms with Crippen LogP contribution < -0.4 is 46.1 Å². The maximum absolute atomic E-state index is 16.0. The van der Waals surface area contributed by atoms with Gasteiger partial charge < -0.3 is 51.2 Å². The van der Waals surface area contributed by atoms with Crippen LogP contribution in [0.4, 0.5) is 52.6 Å². The minimum atomic E-state index is -5.16. The van der Waals surface area contributed by atoms with Crippen LogP contribution in [0.25, 0.3) is 51.1 Å². The van der Waals surface area contributed by atoms with Gasteiger partial charge >= 0.3 is 6.18 Å². The summed E-state index contributed by atoms with van der Waals surface area (Å²) in [6, 6.07) is 8.56. The van der Waals surface area contributed by atoms with Crippen LogP contribution in [0, 0.1) is 52.3 Å². The van der Waals surface area contributed by atoms with Crippen molar-refractivity contribution in [3.8, 4) is 57.5 Å². The number of piperidine rings is 3. The zero-order chi connectivity index (χ0) is 64.1. The lowest BCUT2D eigenvalue weighted by Crippen LogP contribution is -2.46. The lowest BCUT2D eigenvalue weighted by Gasteiger charge is -2.31. The van der Waals surface area contributed by atoms with Crippen molar-refractivity contribution >= 4 is 34.4 Å². The molecule has 9 aromatic heterocycles. The Balaban J connectivity index is 0.624. The van der Waals surface area contributed by atoms with E-state index in [-0.39, 0.29) is 117 Å². The fourth-order valence-corrected chi connectivity index (χ4v) is 13.3. The molecule has 92 heavy (non-hydrogen) atoms. The highest BCUT2D eigenvalue weighted by molar-refractivity contribution is 5.68. The molecule has 5 fully saturated rings. The summed E-state index contributed by atoms with van der Waals surface area (Å²) in [5.41, 5.74) is -2.77. The Morgan fingerprint density at radius 1 is 0.565 bits per heavy atom. The van der Waals surface area contributed by atoms with Crippen molar-refractivity contribution < 1.29 is 54.4 Å². The number of hydrogen-bond acceptors (Lipinski definition) is 20. The van der Waals surface area contributed by atoms with Gasteiger partial charge in [0.1, 0.15) is 80.4 Å². The molecule has 12 heterocycles. The van der Waals surface area contributed by atoms with Gasteiger partial charge in [-0.25, -0.2) is 65.4 Å². The molecule has 23 nitrogen and oxygen atoms in total. The SMILES string of the molecule is COc1cc2ncc(-c3nc(N[C@@H]4CCC(C5CC5c5nn6c(-c7nc(N[C@H]8CCCNC8)c(F)cc7F)cnc6cc5OC)NC4)c(F)cc3F)n2nc1C1CC1C1CC[C@H](Nc2nc(-c3cnc4cc(OC)c(C(C)(O)C(F)(F)F)nn34)c(F)cc2C#N)CN1. The summed E-state index contributed by atoms with van der Waals surface area (Å²) >= 11 is 0. The van der Waals surface area contributed by atoms with Gasteiger partial charge in [-0.15, -0.1) is 0 Å². The summed E-state index contributed by atoms with van der Waals surface area (Å²) < 4.78 is 141. The molecular weight excluding hydrogens is 1210 g/mol. The third-order valence-corrected chi connectivity index (χ3v) is 18.4. The number of nitrogens with zero attached hydrogens (tertiary/aromatic N) is 13. The second kappa shape index (κ2) is 23.5. The summed E-state index contributed by atoms with van der Waals surface area (Å²) in [5, 5.41) is 54.5. The van der Waals surface area contributed by atoms with E-state index < -0.39 is 52.3 Å². The van der Waals surface area contributed by atoms with Crippen LogP contribution in [-0.2, 0) is 5.60 Å². The minimum Gasteiger partial charge on any atom is -0.495 e. The molecule has 10 atom stereocenters. The van der Waals surface area contributed by atoms with Gasteiger partial charge in [0.05, 0.1) is 45.5 Å². The van der Waals surface area contributed by atoms with E-state index in [1.165, 1.54) is 28.5 Å². The number of aliphatic hydroxyl groups is 1. The number of nitrogens with one attached hydrogen (secondary N) is 6. The zero-order valence-electron chi connectivity index (χ0n) is 49.9. The summed E-state index contributed by atoms with van der Waals surface area (Å²) in [6.07, 6.45) is 4.73. The van der Waals surface area contributed by atoms with Crippen molar-refractivity contribution in [2.75, 3.05) is 63.5 Å². The molecule has 480 valence electrons. The number of methoxy groups -OCH3 is 3. The van der Waals surface area contributed by atoms with Gasteiger partial charge in [-0.3, -0.25) is 0 Å². The standard InChI is InChI=1S/C61H61F8N19O4/c1-60(89,61(67,68)69)56-47(92-4)19-50-76-26-44(88(50)85-56)53-35(62)12-27(20-70)57(80-53)77-29-7-9-40(72-22-29)31-13-33(31)51-45(90-2)18-49-75-25-43(87(49)84-51)55-37(64)16-39(66)59(82-55)79-30-8-10-41(73-23-30)32-14-34(32)52-46(91-3)17-48-74-24-42(86(48)83-52)54-36(63)15-38(65)58(81-54)78-28-6-5-11-71-21-28/h12,15-19,24-26,28-34,40-41,71-73,89H,5-11,13-14,21-23H2,1-4H3,(H,77,80)(H,78,81)(H,79,82)/t28-,29-,30+,31?,32?,33?,34?,40?,41?,60?/m0/s1. The van der Waals surface area contributed by atoms with Crippen molar-refractivity contribution in [1.29, 1.82) is 5.26 Å². The maximum Gasteiger partial charge on any atom is 0.422 e. The monoisotopic (exact) mass is 1280 g/mol. The Labute approximate surface area is 518 Å². The number of hydrogen-bond donors (Lipinski definition) is 7. The van der Waals surface area contributed by atoms with E-state index in [0.29, 0.717) is 86.4 Å². The van der Waals surface area contributed by atoms with Crippen molar-refractivity contribution in [2.24, 2.45) is 11.8 Å². The highest BCUT2D eigenvalue weighted by Gasteiger charge is 2.55. The molecular formula is C61H61F8N19O4. The normalized spacial score (nSPS) is 23.9. The van der Waals surface area contributed by atoms with Crippen LogP contribution in [-0.4, -0.2) is 148 Å². The van der Waals surface area contributed by atoms with E-state index in [1.54, 1.807) is 19.2 Å². The van der Waals surface area contributed by atoms with Gasteiger partial charge in [0.25, 0.3) is 0 Å². The number of anilines is 3. The van der Waals surface area contributed by atoms with Gasteiger partial charge in [-0.05, 0) is 82.7 Å². The van der Waals surface area contributed by atoms with E-state index in [9.17, 15) is 23.5 Å². The number of ether oxygens (including phenoxy) is 3. The Hall–Kier alpha value is -9.12. The van der Waals surface area contributed by atoms with E-state index in [1.807, 2.05) is 6.07 Å². The Bertz CT molecular complexity index is 4380. The first-order chi connectivity index (χ1) is 44.3. The lowest BCUT2D eigenvalue weighted by molar-refractivity contribution is -0.261. The molecule has 3 saturated heterocycles. The molecule has 7 N–H and O–H groups in total. The largest absolute Gasteiger partial charge is 0.495 e. The van der Waals surface area contributed by atoms with Crippen molar-refractivity contribution in [3.63, 3.8) is 0 Å². The number of rotatable bonds is 17. The molecule has 3 aliphatic heterocycles. The van der Waals surface area contributed by atoms with Crippen LogP contribution in [0.15, 0.2) is 55.0 Å². The van der Waals surface area contributed by atoms with E-state index in [4.69, 9.17) is 24.4 Å². The molecule has 0 amide bonds. The highest BCUT2D eigenvalue weighted by atomic mass is 19.4. The predicted molar refractivity (Wildman–Crippen MR) is 317 cm³/mol. The first-order valence-corrected chi connectivity index (χ1v) is 30.2. The zero-order valence-corrected chi connectivity index (χ0v) is 49.9. The third kappa shape index (κ3) is 11.0. The fraction of sp³-hybridized carbons (Fsp3) is 0.443. The molecule has 5 aliphatic rings. The molecule has 0 bridgehead atoms. The van der Waals surface area contributed by atoms with Crippen molar-refractivity contribution in [3.05, 3.63) is 107 Å². The Morgan fingerprint density at radius 3 is 1.42 bits per heavy atom. The minimum absolute atomic E-state index is 0.00769. The maximum atomic E-state index is 16.0. The first kappa shape index (κ1) is 60.4. The molecule has 31 heteroatoms. The van der Waals surface area contributed by atoms with Gasteiger partial charge in [-0.1, -0.05) is 0 Å². The lowest BCUT2D eigenvalue weighted by atomic mass is 9.95. The average Bonchev–Trinajstić information content (AvgIpc) is 1.52. The molecule has 0 aromatic carbocycles. The molecule has 2 saturated carbocycles. The number of nitriles is 1. The van der Waals surface area contributed by atoms with Crippen LogP contribution in [0.1, 0.15) is 92.8 Å². The second-order valence-corrected chi connectivity index (χ2v) is 24.3. The quantitative estimate of drug-likeness (QED) is 0.0423. The second-order valence-electron chi connectivity index (χ2n) is 24.3. The number of alkyl halides is 3. The van der Waals surface area contributed by atoms with Gasteiger partial charge in [0.2, 0.25) is 5.60 Å². The number of halogens is 8. The van der Waals surface area contributed by atoms with Gasteiger partial charge in [0, 0.05) is 92.0 Å². The smallest absolute Gasteiger partial charge is 0.422 e. The van der Waals surface area contributed by atoms with E-state index in [0.717, 1.165) is 74.3 Å². The van der Waals surface area contributed by atoms with Crippen molar-refractivity contribution in [2.45, 2.75) is 112 Å². The molecule has 2 aliphatic carbocycles. The average molecular weight is 1280 g/mol. The molecule has 9 aromatic rings. The molecule has 14 rings (SSSR count).